The number of sulfonamides is 1. The molecule has 0 spiro atoms. The van der Waals surface area contributed by atoms with Gasteiger partial charge in [0.2, 0.25) is 5.95 Å². The van der Waals surface area contributed by atoms with E-state index in [1.165, 1.54) is 39.2 Å². The van der Waals surface area contributed by atoms with E-state index in [-0.39, 0.29) is 46.5 Å². The highest BCUT2D eigenvalue weighted by molar-refractivity contribution is 7.90. The summed E-state index contributed by atoms with van der Waals surface area (Å²) in [6, 6.07) is 16.0. The van der Waals surface area contributed by atoms with Crippen LogP contribution in [-0.2, 0) is 41.7 Å². The number of benzene rings is 4. The highest BCUT2D eigenvalue weighted by Gasteiger charge is 2.32. The second-order valence-electron chi connectivity index (χ2n) is 14.2. The van der Waals surface area contributed by atoms with Crippen LogP contribution in [0.5, 0.6) is 23.3 Å². The molecule has 74 heavy (non-hydrogen) atoms. The molecule has 0 aliphatic rings. The molecule has 0 radical (unpaired) electrons. The number of aryl methyl sites for hydroxylation is 2. The molecule has 0 saturated carbocycles. The minimum absolute atomic E-state index is 0.0493. The largest absolute Gasteiger partial charge is 0.480 e. The van der Waals surface area contributed by atoms with Gasteiger partial charge in [0.05, 0.1) is 39.1 Å². The molecule has 30 heteroatoms. The highest BCUT2D eigenvalue weighted by Crippen LogP contribution is 2.37. The number of nitrogens with one attached hydrogen (secondary N) is 2. The van der Waals surface area contributed by atoms with Crippen LogP contribution >= 0.6 is 23.2 Å². The van der Waals surface area contributed by atoms with Gasteiger partial charge in [0.1, 0.15) is 34.2 Å². The van der Waals surface area contributed by atoms with E-state index in [1.54, 1.807) is 35.2 Å². The van der Waals surface area contributed by atoms with Crippen molar-refractivity contribution in [3.05, 3.63) is 134 Å². The van der Waals surface area contributed by atoms with Gasteiger partial charge >= 0.3 is 42.3 Å². The number of nitrogens with zero attached hydrogens (tertiary/aromatic N) is 5. The van der Waals surface area contributed by atoms with E-state index in [0.29, 0.717) is 22.4 Å². The van der Waals surface area contributed by atoms with Crippen LogP contribution in [0.2, 0.25) is 10.0 Å². The number of carboxylic acid groups (broad SMARTS) is 1. The molecule has 21 nitrogen and oxygen atoms in total. The summed E-state index contributed by atoms with van der Waals surface area (Å²) in [6.45, 7) is 1.93. The molecule has 0 saturated heterocycles. The van der Waals surface area contributed by atoms with E-state index >= 15 is 0 Å². The van der Waals surface area contributed by atoms with E-state index < -0.39 is 99.0 Å². The van der Waals surface area contributed by atoms with Crippen molar-refractivity contribution in [1.82, 2.24) is 24.7 Å². The van der Waals surface area contributed by atoms with Gasteiger partial charge in [-0.05, 0) is 80.4 Å². The lowest BCUT2D eigenvalue weighted by molar-refractivity contribution is -0.385. The lowest BCUT2D eigenvalue weighted by atomic mass is 10.1. The number of esters is 2. The Bertz CT molecular complexity index is 3140. The lowest BCUT2D eigenvalue weighted by Gasteiger charge is -2.13. The van der Waals surface area contributed by atoms with E-state index in [2.05, 4.69) is 30.0 Å². The number of alkyl halides is 6. The number of halogens is 8. The number of aromatic nitrogens is 4. The summed E-state index contributed by atoms with van der Waals surface area (Å²) < 4.78 is 127. The van der Waals surface area contributed by atoms with E-state index in [9.17, 15) is 64.1 Å². The minimum Gasteiger partial charge on any atom is -0.480 e. The maximum atomic E-state index is 12.7. The van der Waals surface area contributed by atoms with Gasteiger partial charge in [-0.15, -0.1) is 0 Å². The highest BCUT2D eigenvalue weighted by atomic mass is 35.5. The molecule has 0 aliphatic carbocycles. The third-order valence-corrected chi connectivity index (χ3v) is 10.9. The summed E-state index contributed by atoms with van der Waals surface area (Å²) in [6.07, 6.45) is -9.20. The third kappa shape index (κ3) is 17.9. The standard InChI is InChI=1S/C18H13ClF3NO7.C15H16F3N5O4S.C11H8ClNO3/c1-2-28-16(24)9-29-17(25)12-8-11(4-5-14(12)23(26)27)30-15-6-3-10(7-13(15)19)18(20,21)22;1-9-19-12(22-14(20-9)27-2)21-13(24)23-28(25,26)11-6-4-3-5-10(11)7-8-15(16,17)18;12-8-3-4-9(16-6-10(14)15)11-7(8)2-1-5-13-11/h3-8H,2,9H2,1H3;3-6H,7-8H2,1-2H3,(H2,19,20,21,22,23,24);1-5H,6H2,(H,14,15). The number of nitro benzene ring substituents is 1. The molecule has 3 N–H and O–H groups in total. The molecule has 6 rings (SSSR count). The number of carbonyl (C=O) groups is 4. The number of fused-ring (bicyclic) bond motifs is 1. The van der Waals surface area contributed by atoms with Gasteiger partial charge in [-0.3, -0.25) is 20.4 Å². The van der Waals surface area contributed by atoms with E-state index in [0.717, 1.165) is 41.8 Å². The van der Waals surface area contributed by atoms with Crippen molar-refractivity contribution in [3.8, 4) is 23.3 Å². The van der Waals surface area contributed by atoms with Gasteiger partial charge < -0.3 is 28.8 Å². The van der Waals surface area contributed by atoms with Gasteiger partial charge in [-0.1, -0.05) is 41.4 Å². The van der Waals surface area contributed by atoms with Gasteiger partial charge in [0.15, 0.2) is 13.2 Å². The molecular formula is C44H37Cl2F6N7O14S. The van der Waals surface area contributed by atoms with Crippen molar-refractivity contribution in [1.29, 1.82) is 0 Å². The molecule has 2 amide bonds. The fourth-order valence-corrected chi connectivity index (χ4v) is 7.33. The first-order chi connectivity index (χ1) is 34.7. The molecule has 0 atom stereocenters. The molecular weight excluding hydrogens is 1070 g/mol. The number of rotatable bonds is 16. The minimum atomic E-state index is -4.61. The van der Waals surface area contributed by atoms with Crippen molar-refractivity contribution in [2.24, 2.45) is 0 Å². The molecule has 394 valence electrons. The number of anilines is 1. The predicted octanol–water partition coefficient (Wildman–Crippen LogP) is 9.32. The first-order valence-electron chi connectivity index (χ1n) is 20.5. The number of urea groups is 1. The first kappa shape index (κ1) is 58.5. The van der Waals surface area contributed by atoms with Crippen molar-refractivity contribution in [2.75, 3.05) is 32.2 Å². The third-order valence-electron chi connectivity index (χ3n) is 8.83. The number of ether oxygens (including phenoxy) is 5. The number of carboxylic acids is 1. The van der Waals surface area contributed by atoms with Crippen LogP contribution in [0.3, 0.4) is 0 Å². The number of aliphatic carboxylic acids is 1. The Balaban J connectivity index is 0.000000251. The van der Waals surface area contributed by atoms with Gasteiger partial charge in [-0.25, -0.2) is 32.3 Å². The molecule has 6 aromatic rings. The summed E-state index contributed by atoms with van der Waals surface area (Å²) in [5, 5.41) is 22.7. The number of amides is 2. The molecule has 0 fully saturated rings. The fraction of sp³-hybridized carbons (Fsp3) is 0.227. The summed E-state index contributed by atoms with van der Waals surface area (Å²) in [7, 11) is -3.14. The van der Waals surface area contributed by atoms with Gasteiger partial charge in [0.25, 0.3) is 15.7 Å². The molecule has 2 aromatic heterocycles. The van der Waals surface area contributed by atoms with Crippen molar-refractivity contribution in [2.45, 2.75) is 43.9 Å². The van der Waals surface area contributed by atoms with Crippen LogP contribution < -0.4 is 24.2 Å². The van der Waals surface area contributed by atoms with Gasteiger partial charge in [0, 0.05) is 30.1 Å². The molecule has 0 aliphatic heterocycles. The Morgan fingerprint density at radius 2 is 1.55 bits per heavy atom. The van der Waals surface area contributed by atoms with Crippen LogP contribution in [0, 0.1) is 17.0 Å². The Morgan fingerprint density at radius 3 is 2.19 bits per heavy atom. The SMILES string of the molecule is CCOC(=O)COC(=O)c1cc(Oc2ccc(C(F)(F)F)cc2Cl)ccc1[N+](=O)[O-].COc1nc(C)nc(NC(=O)NS(=O)(=O)c2ccccc2CCC(F)(F)F)n1.O=C(O)COc1ccc(Cl)c2cccnc12. The smallest absolute Gasteiger partial charge is 0.416 e. The Kier molecular flexibility index (Phi) is 20.6. The Morgan fingerprint density at radius 1 is 0.851 bits per heavy atom. The Hall–Kier alpha value is -8.11. The number of hydrogen-bond acceptors (Lipinski definition) is 17. The maximum Gasteiger partial charge on any atom is 0.416 e. The van der Waals surface area contributed by atoms with Crippen molar-refractivity contribution in [3.63, 3.8) is 0 Å². The van der Waals surface area contributed by atoms with Crippen LogP contribution in [-0.4, -0.2) is 95.4 Å². The number of carbonyl (C=O) groups excluding carboxylic acids is 3. The molecule has 0 unspecified atom stereocenters. The number of methoxy groups -OCH3 is 1. The van der Waals surface area contributed by atoms with Crippen LogP contribution in [0.15, 0.2) is 96.0 Å². The van der Waals surface area contributed by atoms with Crippen molar-refractivity contribution < 1.29 is 87.7 Å². The predicted molar refractivity (Wildman–Crippen MR) is 248 cm³/mol. The van der Waals surface area contributed by atoms with Gasteiger partial charge in [-0.2, -0.15) is 41.3 Å². The van der Waals surface area contributed by atoms with Crippen molar-refractivity contribution >= 4 is 79.7 Å². The lowest BCUT2D eigenvalue weighted by Crippen LogP contribution is -2.35. The second kappa shape index (κ2) is 26.0. The maximum absolute atomic E-state index is 12.7. The summed E-state index contributed by atoms with van der Waals surface area (Å²) >= 11 is 11.8. The molecule has 4 aromatic carbocycles. The number of pyridine rings is 1. The number of nitro groups is 1. The fourth-order valence-electron chi connectivity index (χ4n) is 5.72. The zero-order chi connectivity index (χ0) is 55.0. The zero-order valence-electron chi connectivity index (χ0n) is 38.1. The quantitative estimate of drug-likeness (QED) is 0.0352. The van der Waals surface area contributed by atoms with Crippen LogP contribution in [0.25, 0.3) is 10.9 Å². The Labute approximate surface area is 423 Å². The van der Waals surface area contributed by atoms with Crippen LogP contribution in [0.4, 0.5) is 42.8 Å². The average Bonchev–Trinajstić information content (AvgIpc) is 3.32. The topological polar surface area (TPSA) is 288 Å². The summed E-state index contributed by atoms with van der Waals surface area (Å²) in [5.41, 5.74) is -1.67. The molecule has 0 bridgehead atoms. The normalized spacial score (nSPS) is 11.1. The summed E-state index contributed by atoms with van der Waals surface area (Å²) in [4.78, 5) is 71.2. The van der Waals surface area contributed by atoms with E-state index in [1.807, 2.05) is 0 Å². The average molecular weight is 1100 g/mol. The first-order valence-corrected chi connectivity index (χ1v) is 22.7. The number of hydrogen-bond donors (Lipinski definition) is 3. The monoisotopic (exact) mass is 1100 g/mol. The second-order valence-corrected chi connectivity index (χ2v) is 16.6. The zero-order valence-corrected chi connectivity index (χ0v) is 40.4. The molecule has 2 heterocycles. The summed E-state index contributed by atoms with van der Waals surface area (Å²) in [5.74, 6) is -3.02. The van der Waals surface area contributed by atoms with Crippen LogP contribution in [0.1, 0.15) is 40.7 Å². The van der Waals surface area contributed by atoms with E-state index in [4.69, 9.17) is 47.3 Å².